The van der Waals surface area contributed by atoms with Gasteiger partial charge in [0.2, 0.25) is 5.88 Å². The van der Waals surface area contributed by atoms with Gasteiger partial charge in [0.15, 0.2) is 0 Å². The predicted molar refractivity (Wildman–Crippen MR) is 74.3 cm³/mol. The van der Waals surface area contributed by atoms with Crippen LogP contribution in [0.2, 0.25) is 0 Å². The monoisotopic (exact) mass is 264 g/mol. The molecule has 0 saturated carbocycles. The molecule has 0 aliphatic heterocycles. The van der Waals surface area contributed by atoms with Gasteiger partial charge in [0, 0.05) is 18.8 Å². The molecule has 0 aliphatic rings. The topological polar surface area (TPSA) is 60.5 Å². The molecule has 0 saturated heterocycles. The molecule has 5 nitrogen and oxygen atoms in total. The van der Waals surface area contributed by atoms with Crippen molar-refractivity contribution in [3.63, 3.8) is 0 Å². The molecule has 0 spiro atoms. The zero-order chi connectivity index (χ0) is 14.1. The van der Waals surface area contributed by atoms with Crippen LogP contribution in [0.3, 0.4) is 0 Å². The standard InChI is InChI=1S/C14H20N2O3/c1-4-18-13(17)8-6-9-15-12-7-5-10-16-14(12)19-11(2)3/h5-8,10-11,15H,4,9H2,1-3H3/b8-6+. The van der Waals surface area contributed by atoms with Crippen LogP contribution in [-0.4, -0.2) is 30.2 Å². The van der Waals surface area contributed by atoms with Gasteiger partial charge in [-0.1, -0.05) is 6.08 Å². The van der Waals surface area contributed by atoms with Gasteiger partial charge in [-0.3, -0.25) is 0 Å². The fourth-order valence-corrected chi connectivity index (χ4v) is 1.36. The van der Waals surface area contributed by atoms with Crippen LogP contribution in [0.1, 0.15) is 20.8 Å². The van der Waals surface area contributed by atoms with Crippen molar-refractivity contribution in [2.75, 3.05) is 18.5 Å². The molecule has 19 heavy (non-hydrogen) atoms. The summed E-state index contributed by atoms with van der Waals surface area (Å²) in [5.74, 6) is 0.219. The number of hydrogen-bond acceptors (Lipinski definition) is 5. The van der Waals surface area contributed by atoms with E-state index in [1.807, 2.05) is 26.0 Å². The molecule has 0 atom stereocenters. The van der Waals surface area contributed by atoms with Gasteiger partial charge in [-0.15, -0.1) is 0 Å². The number of rotatable bonds is 7. The minimum Gasteiger partial charge on any atom is -0.473 e. The first kappa shape index (κ1) is 15.0. The van der Waals surface area contributed by atoms with Crippen LogP contribution in [0.4, 0.5) is 5.69 Å². The second kappa shape index (κ2) is 8.13. The van der Waals surface area contributed by atoms with E-state index in [9.17, 15) is 4.79 Å². The predicted octanol–water partition coefficient (Wildman–Crippen LogP) is 2.40. The Morgan fingerprint density at radius 3 is 3.00 bits per heavy atom. The number of pyridine rings is 1. The van der Waals surface area contributed by atoms with E-state index in [1.54, 1.807) is 19.2 Å². The van der Waals surface area contributed by atoms with Crippen LogP contribution in [0.15, 0.2) is 30.5 Å². The van der Waals surface area contributed by atoms with Crippen molar-refractivity contribution < 1.29 is 14.3 Å². The third-order valence-electron chi connectivity index (χ3n) is 2.07. The average molecular weight is 264 g/mol. The van der Waals surface area contributed by atoms with Gasteiger partial charge < -0.3 is 14.8 Å². The Morgan fingerprint density at radius 2 is 2.32 bits per heavy atom. The average Bonchev–Trinajstić information content (AvgIpc) is 2.36. The molecular weight excluding hydrogens is 244 g/mol. The summed E-state index contributed by atoms with van der Waals surface area (Å²) in [5.41, 5.74) is 0.796. The second-order valence-corrected chi connectivity index (χ2v) is 4.06. The summed E-state index contributed by atoms with van der Waals surface area (Å²) in [4.78, 5) is 15.3. The first-order valence-corrected chi connectivity index (χ1v) is 6.32. The molecule has 0 radical (unpaired) electrons. The summed E-state index contributed by atoms with van der Waals surface area (Å²) in [7, 11) is 0. The maximum Gasteiger partial charge on any atom is 0.330 e. The Kier molecular flexibility index (Phi) is 6.43. The second-order valence-electron chi connectivity index (χ2n) is 4.06. The third kappa shape index (κ3) is 5.90. The van der Waals surface area contributed by atoms with E-state index in [0.29, 0.717) is 19.0 Å². The van der Waals surface area contributed by atoms with Gasteiger partial charge in [0.1, 0.15) is 0 Å². The van der Waals surface area contributed by atoms with Crippen molar-refractivity contribution in [1.82, 2.24) is 4.98 Å². The van der Waals surface area contributed by atoms with Crippen LogP contribution in [0.25, 0.3) is 0 Å². The number of carbonyl (C=O) groups is 1. The highest BCUT2D eigenvalue weighted by atomic mass is 16.5. The van der Waals surface area contributed by atoms with Gasteiger partial charge in [-0.05, 0) is 32.9 Å². The summed E-state index contributed by atoms with van der Waals surface area (Å²) < 4.78 is 10.4. The maximum atomic E-state index is 11.1. The smallest absolute Gasteiger partial charge is 0.330 e. The molecule has 1 aromatic heterocycles. The van der Waals surface area contributed by atoms with Crippen LogP contribution in [-0.2, 0) is 9.53 Å². The van der Waals surface area contributed by atoms with Crippen LogP contribution in [0.5, 0.6) is 5.88 Å². The van der Waals surface area contributed by atoms with Gasteiger partial charge in [-0.2, -0.15) is 0 Å². The van der Waals surface area contributed by atoms with Gasteiger partial charge in [0.25, 0.3) is 0 Å². The number of anilines is 1. The number of esters is 1. The highest BCUT2D eigenvalue weighted by molar-refractivity contribution is 5.81. The summed E-state index contributed by atoms with van der Waals surface area (Å²) in [5, 5.41) is 3.13. The maximum absolute atomic E-state index is 11.1. The Bertz CT molecular complexity index is 430. The van der Waals surface area contributed by atoms with Crippen molar-refractivity contribution in [3.8, 4) is 5.88 Å². The number of nitrogens with zero attached hydrogens (tertiary/aromatic N) is 1. The molecule has 104 valence electrons. The van der Waals surface area contributed by atoms with E-state index < -0.39 is 0 Å². The molecule has 0 amide bonds. The van der Waals surface area contributed by atoms with E-state index in [4.69, 9.17) is 9.47 Å². The number of carbonyl (C=O) groups excluding carboxylic acids is 1. The zero-order valence-electron chi connectivity index (χ0n) is 11.6. The fourth-order valence-electron chi connectivity index (χ4n) is 1.36. The fraction of sp³-hybridized carbons (Fsp3) is 0.429. The number of ether oxygens (including phenoxy) is 2. The highest BCUT2D eigenvalue weighted by Gasteiger charge is 2.05. The van der Waals surface area contributed by atoms with Crippen LogP contribution in [0, 0.1) is 0 Å². The van der Waals surface area contributed by atoms with Crippen molar-refractivity contribution in [2.45, 2.75) is 26.9 Å². The summed E-state index contributed by atoms with van der Waals surface area (Å²) in [6.07, 6.45) is 4.84. The molecule has 1 heterocycles. The lowest BCUT2D eigenvalue weighted by Crippen LogP contribution is -2.10. The van der Waals surface area contributed by atoms with Crippen molar-refractivity contribution in [3.05, 3.63) is 30.5 Å². The Labute approximate surface area is 113 Å². The van der Waals surface area contributed by atoms with Crippen LogP contribution < -0.4 is 10.1 Å². The third-order valence-corrected chi connectivity index (χ3v) is 2.07. The zero-order valence-corrected chi connectivity index (χ0v) is 11.6. The number of aromatic nitrogens is 1. The Balaban J connectivity index is 2.51. The van der Waals surface area contributed by atoms with E-state index in [-0.39, 0.29) is 12.1 Å². The molecule has 0 aromatic carbocycles. The highest BCUT2D eigenvalue weighted by Crippen LogP contribution is 2.21. The minimum atomic E-state index is -0.339. The first-order valence-electron chi connectivity index (χ1n) is 6.32. The van der Waals surface area contributed by atoms with Crippen molar-refractivity contribution >= 4 is 11.7 Å². The van der Waals surface area contributed by atoms with E-state index in [0.717, 1.165) is 5.69 Å². The molecule has 0 aliphatic carbocycles. The number of hydrogen-bond donors (Lipinski definition) is 1. The minimum absolute atomic E-state index is 0.0607. The first-order chi connectivity index (χ1) is 9.13. The lowest BCUT2D eigenvalue weighted by molar-refractivity contribution is -0.137. The molecular formula is C14H20N2O3. The molecule has 5 heteroatoms. The van der Waals surface area contributed by atoms with E-state index >= 15 is 0 Å². The van der Waals surface area contributed by atoms with E-state index in [1.165, 1.54) is 6.08 Å². The van der Waals surface area contributed by atoms with Crippen molar-refractivity contribution in [1.29, 1.82) is 0 Å². The quantitative estimate of drug-likeness (QED) is 0.605. The van der Waals surface area contributed by atoms with Crippen LogP contribution >= 0.6 is 0 Å². The van der Waals surface area contributed by atoms with Gasteiger partial charge in [0.05, 0.1) is 18.4 Å². The molecule has 0 fully saturated rings. The molecule has 1 N–H and O–H groups in total. The summed E-state index contributed by atoms with van der Waals surface area (Å²) in [6, 6.07) is 3.70. The lowest BCUT2D eigenvalue weighted by atomic mass is 10.3. The lowest BCUT2D eigenvalue weighted by Gasteiger charge is -2.13. The van der Waals surface area contributed by atoms with Gasteiger partial charge >= 0.3 is 5.97 Å². The Hall–Kier alpha value is -2.04. The molecule has 1 rings (SSSR count). The number of nitrogens with one attached hydrogen (secondary N) is 1. The molecule has 0 unspecified atom stereocenters. The van der Waals surface area contributed by atoms with Gasteiger partial charge in [-0.25, -0.2) is 9.78 Å². The Morgan fingerprint density at radius 1 is 1.53 bits per heavy atom. The van der Waals surface area contributed by atoms with Crippen molar-refractivity contribution in [2.24, 2.45) is 0 Å². The normalized spacial score (nSPS) is 10.7. The SMILES string of the molecule is CCOC(=O)/C=C/CNc1cccnc1OC(C)C. The summed E-state index contributed by atoms with van der Waals surface area (Å²) >= 11 is 0. The van der Waals surface area contributed by atoms with E-state index in [2.05, 4.69) is 10.3 Å². The molecule has 1 aromatic rings. The molecule has 0 bridgehead atoms. The summed E-state index contributed by atoms with van der Waals surface area (Å²) in [6.45, 7) is 6.54. The largest absolute Gasteiger partial charge is 0.473 e.